The van der Waals surface area contributed by atoms with E-state index in [0.717, 1.165) is 23.2 Å². The van der Waals surface area contributed by atoms with Crippen LogP contribution in [0.1, 0.15) is 46.2 Å². The van der Waals surface area contributed by atoms with E-state index < -0.39 is 0 Å². The summed E-state index contributed by atoms with van der Waals surface area (Å²) >= 11 is 6.26. The fourth-order valence-corrected chi connectivity index (χ4v) is 5.81. The maximum Gasteiger partial charge on any atom is 0.161 e. The molecular weight excluding hydrogens is 504 g/mol. The van der Waals surface area contributed by atoms with Crippen molar-refractivity contribution in [3.63, 3.8) is 0 Å². The molecule has 5 heteroatoms. The zero-order valence-corrected chi connectivity index (χ0v) is 22.9. The molecule has 3 atom stereocenters. The number of benzene rings is 4. The third-order valence-electron chi connectivity index (χ3n) is 7.66. The molecule has 0 bridgehead atoms. The standard InChI is InChI=1S/C34H31ClN2O2/c1-22-10-16-31-29(18-22)27-7-5-8-28(27)34(37-31)24-12-14-26(15-13-24)36-20-23-11-17-32(33(19-23)38-2)39-21-25-6-3-4-9-30(25)35/h3-7,9-20,27-28,34,37H,8,21H2,1-2H3/t27-,28+,34-/m0/s1. The summed E-state index contributed by atoms with van der Waals surface area (Å²) < 4.78 is 11.6. The zero-order chi connectivity index (χ0) is 26.8. The molecule has 196 valence electrons. The van der Waals surface area contributed by atoms with Crippen molar-refractivity contribution < 1.29 is 9.47 Å². The van der Waals surface area contributed by atoms with Gasteiger partial charge < -0.3 is 14.8 Å². The summed E-state index contributed by atoms with van der Waals surface area (Å²) in [4.78, 5) is 4.71. The summed E-state index contributed by atoms with van der Waals surface area (Å²) in [5.41, 5.74) is 8.03. The van der Waals surface area contributed by atoms with Gasteiger partial charge in [0.05, 0.1) is 18.8 Å². The van der Waals surface area contributed by atoms with Crippen LogP contribution in [0.5, 0.6) is 11.5 Å². The van der Waals surface area contributed by atoms with E-state index in [1.54, 1.807) is 7.11 Å². The fourth-order valence-electron chi connectivity index (χ4n) is 5.62. The monoisotopic (exact) mass is 534 g/mol. The first-order valence-electron chi connectivity index (χ1n) is 13.3. The molecule has 1 N–H and O–H groups in total. The number of nitrogens with zero attached hydrogens (tertiary/aromatic N) is 1. The minimum Gasteiger partial charge on any atom is -0.493 e. The number of allylic oxidation sites excluding steroid dienone is 2. The second-order valence-corrected chi connectivity index (χ2v) is 10.6. The zero-order valence-electron chi connectivity index (χ0n) is 22.1. The van der Waals surface area contributed by atoms with Crippen molar-refractivity contribution in [1.82, 2.24) is 0 Å². The van der Waals surface area contributed by atoms with E-state index in [1.807, 2.05) is 48.7 Å². The molecule has 4 aromatic carbocycles. The third-order valence-corrected chi connectivity index (χ3v) is 8.03. The van der Waals surface area contributed by atoms with Crippen molar-refractivity contribution >= 4 is 29.2 Å². The van der Waals surface area contributed by atoms with Crippen molar-refractivity contribution in [2.75, 3.05) is 12.4 Å². The van der Waals surface area contributed by atoms with Gasteiger partial charge in [0.2, 0.25) is 0 Å². The lowest BCUT2D eigenvalue weighted by atomic mass is 9.76. The Hall–Kier alpha value is -4.02. The smallest absolute Gasteiger partial charge is 0.161 e. The first-order valence-corrected chi connectivity index (χ1v) is 13.7. The Morgan fingerprint density at radius 2 is 1.82 bits per heavy atom. The van der Waals surface area contributed by atoms with Gasteiger partial charge in [-0.15, -0.1) is 0 Å². The van der Waals surface area contributed by atoms with Gasteiger partial charge in [-0.25, -0.2) is 0 Å². The highest BCUT2D eigenvalue weighted by Crippen LogP contribution is 2.50. The van der Waals surface area contributed by atoms with Crippen molar-refractivity contribution in [2.45, 2.75) is 31.9 Å². The van der Waals surface area contributed by atoms with Gasteiger partial charge in [0, 0.05) is 28.4 Å². The highest BCUT2D eigenvalue weighted by molar-refractivity contribution is 6.31. The topological polar surface area (TPSA) is 42.8 Å². The van der Waals surface area contributed by atoms with Gasteiger partial charge in [0.25, 0.3) is 0 Å². The highest BCUT2D eigenvalue weighted by atomic mass is 35.5. The maximum atomic E-state index is 6.26. The Morgan fingerprint density at radius 1 is 0.974 bits per heavy atom. The summed E-state index contributed by atoms with van der Waals surface area (Å²) in [7, 11) is 1.64. The van der Waals surface area contributed by atoms with E-state index in [1.165, 1.54) is 22.4 Å². The van der Waals surface area contributed by atoms with Crippen LogP contribution in [-0.4, -0.2) is 13.3 Å². The average molecular weight is 535 g/mol. The van der Waals surface area contributed by atoms with Crippen molar-refractivity contribution in [3.05, 3.63) is 130 Å². The first-order chi connectivity index (χ1) is 19.1. The van der Waals surface area contributed by atoms with Crippen LogP contribution in [0, 0.1) is 12.8 Å². The van der Waals surface area contributed by atoms with Gasteiger partial charge in [0.1, 0.15) is 6.61 Å². The van der Waals surface area contributed by atoms with Gasteiger partial charge >= 0.3 is 0 Å². The number of nitrogens with one attached hydrogen (secondary N) is 1. The summed E-state index contributed by atoms with van der Waals surface area (Å²) in [6, 6.07) is 29.1. The largest absolute Gasteiger partial charge is 0.493 e. The number of halogens is 1. The SMILES string of the molecule is COc1cc(C=Nc2ccc([C@@H]3Nc4ccc(C)cc4[C@H]4C=CC[C@H]43)cc2)ccc1OCc1ccccc1Cl. The van der Waals surface area contributed by atoms with Crippen LogP contribution < -0.4 is 14.8 Å². The molecule has 1 aliphatic heterocycles. The molecule has 4 nitrogen and oxygen atoms in total. The van der Waals surface area contributed by atoms with Crippen LogP contribution >= 0.6 is 11.6 Å². The molecule has 2 aliphatic rings. The molecule has 0 saturated heterocycles. The van der Waals surface area contributed by atoms with E-state index >= 15 is 0 Å². The number of hydrogen-bond acceptors (Lipinski definition) is 4. The molecule has 0 amide bonds. The number of hydrogen-bond donors (Lipinski definition) is 1. The molecule has 39 heavy (non-hydrogen) atoms. The molecule has 0 fully saturated rings. The van der Waals surface area contributed by atoms with Gasteiger partial charge in [-0.05, 0) is 78.4 Å². The van der Waals surface area contributed by atoms with E-state index in [4.69, 9.17) is 26.1 Å². The highest BCUT2D eigenvalue weighted by Gasteiger charge is 2.37. The number of aryl methyl sites for hydroxylation is 1. The number of methoxy groups -OCH3 is 1. The van der Waals surface area contributed by atoms with Gasteiger partial charge in [-0.2, -0.15) is 0 Å². The Labute approximate surface area is 235 Å². The molecule has 1 aliphatic carbocycles. The van der Waals surface area contributed by atoms with E-state index in [2.05, 4.69) is 66.9 Å². The van der Waals surface area contributed by atoms with Crippen LogP contribution in [0.3, 0.4) is 0 Å². The molecule has 0 unspecified atom stereocenters. The number of ether oxygens (including phenoxy) is 2. The third kappa shape index (κ3) is 5.30. The second-order valence-electron chi connectivity index (χ2n) is 10.2. The summed E-state index contributed by atoms with van der Waals surface area (Å²) in [5, 5.41) is 4.50. The average Bonchev–Trinajstić information content (AvgIpc) is 3.46. The van der Waals surface area contributed by atoms with Crippen molar-refractivity contribution in [1.29, 1.82) is 0 Å². The lowest BCUT2D eigenvalue weighted by molar-refractivity contribution is 0.284. The van der Waals surface area contributed by atoms with Gasteiger partial charge in [-0.1, -0.05) is 71.8 Å². The minimum atomic E-state index is 0.279. The Morgan fingerprint density at radius 3 is 2.64 bits per heavy atom. The number of rotatable bonds is 7. The first kappa shape index (κ1) is 25.3. The number of anilines is 1. The summed E-state index contributed by atoms with van der Waals surface area (Å²) in [5.74, 6) is 2.31. The summed E-state index contributed by atoms with van der Waals surface area (Å²) in [6.45, 7) is 2.54. The van der Waals surface area contributed by atoms with Gasteiger partial charge in [0.15, 0.2) is 11.5 Å². The number of fused-ring (bicyclic) bond motifs is 3. The van der Waals surface area contributed by atoms with Gasteiger partial charge in [-0.3, -0.25) is 4.99 Å². The predicted molar refractivity (Wildman–Crippen MR) is 160 cm³/mol. The fraction of sp³-hybridized carbons (Fsp3) is 0.206. The van der Waals surface area contributed by atoms with Crippen LogP contribution in [0.4, 0.5) is 11.4 Å². The lowest BCUT2D eigenvalue weighted by Crippen LogP contribution is -2.29. The Kier molecular flexibility index (Phi) is 7.12. The van der Waals surface area contributed by atoms with E-state index in [-0.39, 0.29) is 6.04 Å². The molecule has 4 aromatic rings. The Balaban J connectivity index is 1.15. The van der Waals surface area contributed by atoms with E-state index in [9.17, 15) is 0 Å². The molecule has 1 heterocycles. The molecule has 0 saturated carbocycles. The normalized spacial score (nSPS) is 19.4. The van der Waals surface area contributed by atoms with Crippen molar-refractivity contribution in [3.8, 4) is 11.5 Å². The summed E-state index contributed by atoms with van der Waals surface area (Å²) in [6.07, 6.45) is 7.66. The molecule has 6 rings (SSSR count). The van der Waals surface area contributed by atoms with Crippen molar-refractivity contribution in [2.24, 2.45) is 10.9 Å². The lowest BCUT2D eigenvalue weighted by Gasteiger charge is -2.37. The quantitative estimate of drug-likeness (QED) is 0.190. The molecule has 0 spiro atoms. The van der Waals surface area contributed by atoms with E-state index in [0.29, 0.717) is 35.0 Å². The van der Waals surface area contributed by atoms with Crippen LogP contribution in [0.15, 0.2) is 102 Å². The van der Waals surface area contributed by atoms with Crippen LogP contribution in [-0.2, 0) is 6.61 Å². The number of aliphatic imine (C=N–C) groups is 1. The second kappa shape index (κ2) is 11.0. The molecule has 0 radical (unpaired) electrons. The maximum absolute atomic E-state index is 6.26. The minimum absolute atomic E-state index is 0.279. The van der Waals surface area contributed by atoms with Crippen LogP contribution in [0.2, 0.25) is 5.02 Å². The molecular formula is C34H31ClN2O2. The van der Waals surface area contributed by atoms with Crippen LogP contribution in [0.25, 0.3) is 0 Å². The Bertz CT molecular complexity index is 1540. The predicted octanol–water partition coefficient (Wildman–Crippen LogP) is 8.81. The molecule has 0 aromatic heterocycles.